The third-order valence-electron chi connectivity index (χ3n) is 2.24. The van der Waals surface area contributed by atoms with Gasteiger partial charge in [-0.25, -0.2) is 0 Å². The SMILES string of the molecule is CC(C)(C)CCN1C=CC(=CN=O)C=C1. The van der Waals surface area contributed by atoms with Crippen LogP contribution in [-0.4, -0.2) is 11.4 Å². The van der Waals surface area contributed by atoms with Gasteiger partial charge in [-0.3, -0.25) is 0 Å². The third kappa shape index (κ3) is 4.58. The lowest BCUT2D eigenvalue weighted by molar-refractivity contribution is 0.327. The molecule has 0 fully saturated rings. The van der Waals surface area contributed by atoms with E-state index in [0.717, 1.165) is 18.5 Å². The Kier molecular flexibility index (Phi) is 3.83. The Morgan fingerprint density at radius 3 is 2.40 bits per heavy atom. The zero-order valence-electron chi connectivity index (χ0n) is 9.60. The molecule has 1 aliphatic rings. The van der Waals surface area contributed by atoms with Crippen molar-refractivity contribution in [2.45, 2.75) is 27.2 Å². The van der Waals surface area contributed by atoms with E-state index in [4.69, 9.17) is 0 Å². The summed E-state index contributed by atoms with van der Waals surface area (Å²) in [5.41, 5.74) is 1.19. The van der Waals surface area contributed by atoms with Gasteiger partial charge in [0.1, 0.15) is 0 Å². The molecule has 82 valence electrons. The van der Waals surface area contributed by atoms with Gasteiger partial charge in [0.15, 0.2) is 0 Å². The van der Waals surface area contributed by atoms with Gasteiger partial charge in [-0.2, -0.15) is 0 Å². The van der Waals surface area contributed by atoms with E-state index in [1.807, 2.05) is 24.6 Å². The summed E-state index contributed by atoms with van der Waals surface area (Å²) in [5, 5.41) is 2.74. The lowest BCUT2D eigenvalue weighted by Gasteiger charge is -2.24. The molecule has 0 radical (unpaired) electrons. The van der Waals surface area contributed by atoms with Crippen LogP contribution in [0.15, 0.2) is 41.5 Å². The van der Waals surface area contributed by atoms with Crippen molar-refractivity contribution in [1.82, 2.24) is 4.90 Å². The molecule has 0 bridgehead atoms. The van der Waals surface area contributed by atoms with Gasteiger partial charge in [-0.15, -0.1) is 4.91 Å². The van der Waals surface area contributed by atoms with Crippen molar-refractivity contribution in [3.05, 3.63) is 41.2 Å². The second-order valence-corrected chi connectivity index (χ2v) is 4.91. The second-order valence-electron chi connectivity index (χ2n) is 4.91. The smallest absolute Gasteiger partial charge is 0.0788 e. The van der Waals surface area contributed by atoms with Crippen LogP contribution in [0.4, 0.5) is 0 Å². The number of allylic oxidation sites excluding steroid dienone is 3. The molecule has 15 heavy (non-hydrogen) atoms. The van der Waals surface area contributed by atoms with Crippen molar-refractivity contribution in [2.75, 3.05) is 6.54 Å². The maximum Gasteiger partial charge on any atom is 0.0788 e. The van der Waals surface area contributed by atoms with E-state index in [9.17, 15) is 4.91 Å². The Bertz CT molecular complexity index is 292. The Hall–Kier alpha value is -1.38. The maximum absolute atomic E-state index is 10.0. The molecule has 0 amide bonds. The van der Waals surface area contributed by atoms with E-state index in [1.54, 1.807) is 0 Å². The molecule has 0 N–H and O–H groups in total. The molecule has 0 aromatic rings. The molecule has 0 aliphatic carbocycles. The molecule has 0 unspecified atom stereocenters. The first-order valence-corrected chi connectivity index (χ1v) is 5.16. The molecular weight excluding hydrogens is 188 g/mol. The first kappa shape index (κ1) is 11.7. The lowest BCUT2D eigenvalue weighted by Crippen LogP contribution is -2.19. The van der Waals surface area contributed by atoms with E-state index in [0.29, 0.717) is 5.41 Å². The first-order chi connectivity index (χ1) is 7.01. The molecule has 0 saturated heterocycles. The standard InChI is InChI=1S/C12H18N2O/c1-12(2,3)6-9-14-7-4-11(5-8-14)10-13-15/h4-5,7-8,10H,6,9H2,1-3H3. The van der Waals surface area contributed by atoms with Crippen LogP contribution in [0.1, 0.15) is 27.2 Å². The minimum atomic E-state index is 0.349. The summed E-state index contributed by atoms with van der Waals surface area (Å²) in [5.74, 6) is 0. The zero-order valence-corrected chi connectivity index (χ0v) is 9.60. The Balaban J connectivity index is 2.44. The van der Waals surface area contributed by atoms with Crippen LogP contribution in [0.25, 0.3) is 0 Å². The van der Waals surface area contributed by atoms with Crippen molar-refractivity contribution in [3.63, 3.8) is 0 Å². The van der Waals surface area contributed by atoms with E-state index in [2.05, 4.69) is 30.8 Å². The van der Waals surface area contributed by atoms with Gasteiger partial charge in [0, 0.05) is 18.9 Å². The summed E-state index contributed by atoms with van der Waals surface area (Å²) in [6.07, 6.45) is 10.2. The number of nitrogens with zero attached hydrogens (tertiary/aromatic N) is 2. The molecule has 1 heterocycles. The van der Waals surface area contributed by atoms with E-state index in [-0.39, 0.29) is 0 Å². The predicted octanol–water partition coefficient (Wildman–Crippen LogP) is 3.42. The van der Waals surface area contributed by atoms with Gasteiger partial charge in [-0.05, 0) is 34.7 Å². The quantitative estimate of drug-likeness (QED) is 0.663. The van der Waals surface area contributed by atoms with Crippen LogP contribution >= 0.6 is 0 Å². The summed E-state index contributed by atoms with van der Waals surface area (Å²) >= 11 is 0. The monoisotopic (exact) mass is 206 g/mol. The fourth-order valence-corrected chi connectivity index (χ4v) is 1.23. The van der Waals surface area contributed by atoms with Crippen molar-refractivity contribution in [3.8, 4) is 0 Å². The molecule has 3 heteroatoms. The minimum Gasteiger partial charge on any atom is -0.354 e. The van der Waals surface area contributed by atoms with Crippen LogP contribution in [0.3, 0.4) is 0 Å². The van der Waals surface area contributed by atoms with Gasteiger partial charge in [0.05, 0.1) is 6.20 Å². The third-order valence-corrected chi connectivity index (χ3v) is 2.24. The van der Waals surface area contributed by atoms with Gasteiger partial charge in [0.2, 0.25) is 0 Å². The van der Waals surface area contributed by atoms with E-state index in [1.165, 1.54) is 6.20 Å². The fraction of sp³-hybridized carbons (Fsp3) is 0.500. The van der Waals surface area contributed by atoms with Crippen LogP contribution in [-0.2, 0) is 0 Å². The van der Waals surface area contributed by atoms with Crippen LogP contribution < -0.4 is 0 Å². The van der Waals surface area contributed by atoms with E-state index < -0.39 is 0 Å². The highest BCUT2D eigenvalue weighted by molar-refractivity contribution is 5.33. The summed E-state index contributed by atoms with van der Waals surface area (Å²) < 4.78 is 0. The number of hydrogen-bond donors (Lipinski definition) is 0. The molecule has 0 aromatic heterocycles. The van der Waals surface area contributed by atoms with Crippen molar-refractivity contribution >= 4 is 0 Å². The normalized spacial score (nSPS) is 15.7. The topological polar surface area (TPSA) is 32.7 Å². The summed E-state index contributed by atoms with van der Waals surface area (Å²) in [4.78, 5) is 12.1. The first-order valence-electron chi connectivity index (χ1n) is 5.16. The molecule has 3 nitrogen and oxygen atoms in total. The lowest BCUT2D eigenvalue weighted by atomic mass is 9.92. The van der Waals surface area contributed by atoms with Gasteiger partial charge in [-0.1, -0.05) is 20.8 Å². The van der Waals surface area contributed by atoms with Crippen molar-refractivity contribution in [1.29, 1.82) is 0 Å². The van der Waals surface area contributed by atoms with Gasteiger partial charge in [0.25, 0.3) is 0 Å². The second kappa shape index (κ2) is 4.91. The zero-order chi connectivity index (χ0) is 11.3. The van der Waals surface area contributed by atoms with Crippen LogP contribution in [0.2, 0.25) is 0 Å². The molecule has 1 rings (SSSR count). The highest BCUT2D eigenvalue weighted by Crippen LogP contribution is 2.20. The average molecular weight is 206 g/mol. The number of rotatable bonds is 3. The molecule has 0 spiro atoms. The number of nitroso groups, excluding NO2 is 1. The van der Waals surface area contributed by atoms with E-state index >= 15 is 0 Å². The molecule has 1 aliphatic heterocycles. The molecule has 0 saturated carbocycles. The Labute approximate surface area is 91.1 Å². The minimum absolute atomic E-state index is 0.349. The van der Waals surface area contributed by atoms with Crippen molar-refractivity contribution in [2.24, 2.45) is 10.6 Å². The molecule has 0 atom stereocenters. The van der Waals surface area contributed by atoms with Gasteiger partial charge >= 0.3 is 0 Å². The summed E-state index contributed by atoms with van der Waals surface area (Å²) in [6, 6.07) is 0. The Morgan fingerprint density at radius 2 is 1.93 bits per heavy atom. The van der Waals surface area contributed by atoms with Crippen LogP contribution in [0, 0.1) is 10.3 Å². The maximum atomic E-state index is 10.0. The summed E-state index contributed by atoms with van der Waals surface area (Å²) in [6.45, 7) is 7.68. The average Bonchev–Trinajstić information content (AvgIpc) is 2.16. The highest BCUT2D eigenvalue weighted by Gasteiger charge is 2.11. The largest absolute Gasteiger partial charge is 0.354 e. The summed E-state index contributed by atoms with van der Waals surface area (Å²) in [7, 11) is 0. The van der Waals surface area contributed by atoms with Gasteiger partial charge < -0.3 is 4.90 Å². The highest BCUT2D eigenvalue weighted by atomic mass is 16.2. The van der Waals surface area contributed by atoms with Crippen LogP contribution in [0.5, 0.6) is 0 Å². The van der Waals surface area contributed by atoms with Crippen molar-refractivity contribution < 1.29 is 0 Å². The predicted molar refractivity (Wildman–Crippen MR) is 62.9 cm³/mol. The number of hydrogen-bond acceptors (Lipinski definition) is 3. The Morgan fingerprint density at radius 1 is 1.33 bits per heavy atom. The molecule has 0 aromatic carbocycles. The molecular formula is C12H18N2O. The fourth-order valence-electron chi connectivity index (χ4n) is 1.23.